The molecule has 28 heavy (non-hydrogen) atoms. The Hall–Kier alpha value is -2.48. The predicted octanol–water partition coefficient (Wildman–Crippen LogP) is 3.09. The summed E-state index contributed by atoms with van der Waals surface area (Å²) in [5.41, 5.74) is 3.04. The van der Waals surface area contributed by atoms with Crippen LogP contribution in [-0.4, -0.2) is 35.9 Å². The Kier molecular flexibility index (Phi) is 6.61. The quantitative estimate of drug-likeness (QED) is 0.723. The Bertz CT molecular complexity index is 887. The predicted molar refractivity (Wildman–Crippen MR) is 108 cm³/mol. The summed E-state index contributed by atoms with van der Waals surface area (Å²) < 4.78 is 5.94. The molecule has 1 aliphatic rings. The largest absolute Gasteiger partial charge is 0.454 e. The molecule has 1 heterocycles. The number of aromatic nitrogens is 1. The molecule has 0 spiro atoms. The van der Waals surface area contributed by atoms with Gasteiger partial charge < -0.3 is 10.1 Å². The minimum Gasteiger partial charge on any atom is -0.454 e. The van der Waals surface area contributed by atoms with Crippen molar-refractivity contribution >= 4 is 44.5 Å². The Labute approximate surface area is 167 Å². The van der Waals surface area contributed by atoms with Crippen molar-refractivity contribution in [2.75, 3.05) is 18.5 Å². The Morgan fingerprint density at radius 3 is 2.68 bits per heavy atom. The van der Waals surface area contributed by atoms with Crippen molar-refractivity contribution in [3.05, 3.63) is 23.3 Å². The van der Waals surface area contributed by atoms with Crippen LogP contribution in [-0.2, 0) is 19.1 Å². The fourth-order valence-electron chi connectivity index (χ4n) is 3.44. The number of nitrogens with zero attached hydrogens (tertiary/aromatic N) is 1. The van der Waals surface area contributed by atoms with Gasteiger partial charge in [-0.25, -0.2) is 4.98 Å². The SMILES string of the molecule is Cc1cc(C)c2nc(NC(=O)COC(=O)CNC(=O)C3CCCCC3)sc2c1. The van der Waals surface area contributed by atoms with Gasteiger partial charge in [0, 0.05) is 5.92 Å². The maximum atomic E-state index is 12.0. The second-order valence-electron chi connectivity index (χ2n) is 7.21. The van der Waals surface area contributed by atoms with Gasteiger partial charge in [-0.3, -0.25) is 19.7 Å². The molecule has 0 atom stereocenters. The van der Waals surface area contributed by atoms with Gasteiger partial charge in [0.15, 0.2) is 11.7 Å². The zero-order valence-corrected chi connectivity index (χ0v) is 17.0. The molecule has 0 unspecified atom stereocenters. The lowest BCUT2D eigenvalue weighted by Gasteiger charge is -2.20. The van der Waals surface area contributed by atoms with Crippen molar-refractivity contribution in [1.29, 1.82) is 0 Å². The van der Waals surface area contributed by atoms with Crippen LogP contribution in [0.15, 0.2) is 12.1 Å². The monoisotopic (exact) mass is 403 g/mol. The van der Waals surface area contributed by atoms with Crippen LogP contribution in [0.25, 0.3) is 10.2 Å². The number of carbonyl (C=O) groups excluding carboxylic acids is 3. The molecule has 2 N–H and O–H groups in total. The van der Waals surface area contributed by atoms with Crippen LogP contribution in [0, 0.1) is 19.8 Å². The van der Waals surface area contributed by atoms with E-state index in [0.717, 1.165) is 53.4 Å². The highest BCUT2D eigenvalue weighted by atomic mass is 32.1. The highest BCUT2D eigenvalue weighted by Gasteiger charge is 2.21. The second-order valence-corrected chi connectivity index (χ2v) is 8.24. The van der Waals surface area contributed by atoms with Crippen LogP contribution in [0.2, 0.25) is 0 Å². The van der Waals surface area contributed by atoms with Crippen molar-refractivity contribution < 1.29 is 19.1 Å². The molecule has 0 bridgehead atoms. The smallest absolute Gasteiger partial charge is 0.325 e. The number of rotatable bonds is 6. The van der Waals surface area contributed by atoms with Crippen LogP contribution in [0.5, 0.6) is 0 Å². The van der Waals surface area contributed by atoms with Gasteiger partial charge in [0.05, 0.1) is 10.2 Å². The summed E-state index contributed by atoms with van der Waals surface area (Å²) in [6.07, 6.45) is 4.99. The van der Waals surface area contributed by atoms with Crippen LogP contribution < -0.4 is 10.6 Å². The fourth-order valence-corrected chi connectivity index (χ4v) is 4.50. The Balaban J connectivity index is 1.43. The third-order valence-corrected chi connectivity index (χ3v) is 5.74. The van der Waals surface area contributed by atoms with Gasteiger partial charge in [0.25, 0.3) is 5.91 Å². The van der Waals surface area contributed by atoms with E-state index in [1.54, 1.807) is 0 Å². The molecule has 2 aromatic rings. The van der Waals surface area contributed by atoms with Crippen LogP contribution >= 0.6 is 11.3 Å². The minimum absolute atomic E-state index is 0.0176. The molecule has 1 aliphatic carbocycles. The molecule has 1 aromatic heterocycles. The molecule has 7 nitrogen and oxygen atoms in total. The number of thiazole rings is 1. The van der Waals surface area contributed by atoms with E-state index in [0.29, 0.717) is 5.13 Å². The fraction of sp³-hybridized carbons (Fsp3) is 0.500. The first-order valence-corrected chi connectivity index (χ1v) is 10.3. The third kappa shape index (κ3) is 5.28. The minimum atomic E-state index is -0.630. The number of fused-ring (bicyclic) bond motifs is 1. The number of nitrogens with one attached hydrogen (secondary N) is 2. The number of amides is 2. The number of hydrogen-bond acceptors (Lipinski definition) is 6. The van der Waals surface area contributed by atoms with E-state index >= 15 is 0 Å². The number of anilines is 1. The van der Waals surface area contributed by atoms with E-state index in [1.807, 2.05) is 26.0 Å². The molecular weight excluding hydrogens is 378 g/mol. The van der Waals surface area contributed by atoms with Gasteiger partial charge in [0.1, 0.15) is 6.54 Å². The molecule has 8 heteroatoms. The molecule has 1 saturated carbocycles. The maximum absolute atomic E-state index is 12.0. The highest BCUT2D eigenvalue weighted by Crippen LogP contribution is 2.29. The van der Waals surface area contributed by atoms with Crippen molar-refractivity contribution in [2.45, 2.75) is 46.0 Å². The molecule has 150 valence electrons. The highest BCUT2D eigenvalue weighted by molar-refractivity contribution is 7.22. The van der Waals surface area contributed by atoms with Crippen LogP contribution in [0.1, 0.15) is 43.2 Å². The number of aryl methyl sites for hydroxylation is 2. The van der Waals surface area contributed by atoms with Gasteiger partial charge in [-0.15, -0.1) is 0 Å². The zero-order chi connectivity index (χ0) is 20.1. The summed E-state index contributed by atoms with van der Waals surface area (Å²) in [5, 5.41) is 5.72. The molecular formula is C20H25N3O4S. The van der Waals surface area contributed by atoms with Crippen molar-refractivity contribution in [3.63, 3.8) is 0 Å². The van der Waals surface area contributed by atoms with E-state index < -0.39 is 18.5 Å². The van der Waals surface area contributed by atoms with E-state index in [1.165, 1.54) is 11.3 Å². The van der Waals surface area contributed by atoms with Gasteiger partial charge >= 0.3 is 5.97 Å². The number of esters is 1. The molecule has 0 radical (unpaired) electrons. The molecule has 2 amide bonds. The van der Waals surface area contributed by atoms with Gasteiger partial charge in [-0.1, -0.05) is 36.7 Å². The van der Waals surface area contributed by atoms with Crippen molar-refractivity contribution in [2.24, 2.45) is 5.92 Å². The zero-order valence-electron chi connectivity index (χ0n) is 16.2. The lowest BCUT2D eigenvalue weighted by Crippen LogP contribution is -2.36. The van der Waals surface area contributed by atoms with Crippen LogP contribution in [0.4, 0.5) is 5.13 Å². The van der Waals surface area contributed by atoms with Crippen molar-refractivity contribution in [3.8, 4) is 0 Å². The summed E-state index contributed by atoms with van der Waals surface area (Å²) in [5.74, 6) is -1.22. The Morgan fingerprint density at radius 1 is 1.18 bits per heavy atom. The summed E-state index contributed by atoms with van der Waals surface area (Å²) in [6, 6.07) is 4.06. The average Bonchev–Trinajstić information content (AvgIpc) is 3.07. The van der Waals surface area contributed by atoms with Crippen molar-refractivity contribution in [1.82, 2.24) is 10.3 Å². The van der Waals surface area contributed by atoms with E-state index in [4.69, 9.17) is 4.74 Å². The van der Waals surface area contributed by atoms with Crippen LogP contribution in [0.3, 0.4) is 0 Å². The summed E-state index contributed by atoms with van der Waals surface area (Å²) in [4.78, 5) is 40.2. The summed E-state index contributed by atoms with van der Waals surface area (Å²) in [7, 11) is 0. The number of carbonyl (C=O) groups is 3. The first kappa shape index (κ1) is 20.3. The normalized spacial score (nSPS) is 14.6. The summed E-state index contributed by atoms with van der Waals surface area (Å²) in [6.45, 7) is 3.36. The number of ether oxygens (including phenoxy) is 1. The maximum Gasteiger partial charge on any atom is 0.325 e. The second kappa shape index (κ2) is 9.14. The van der Waals surface area contributed by atoms with Gasteiger partial charge in [-0.2, -0.15) is 0 Å². The molecule has 3 rings (SSSR count). The lowest BCUT2D eigenvalue weighted by atomic mass is 9.89. The molecule has 0 saturated heterocycles. The van der Waals surface area contributed by atoms with Gasteiger partial charge in [-0.05, 0) is 43.9 Å². The molecule has 1 aromatic carbocycles. The standard InChI is InChI=1S/C20H25N3O4S/c1-12-8-13(2)18-15(9-12)28-20(23-18)22-16(24)11-27-17(25)10-21-19(26)14-6-4-3-5-7-14/h8-9,14H,3-7,10-11H2,1-2H3,(H,21,26)(H,22,23,24). The molecule has 0 aliphatic heterocycles. The lowest BCUT2D eigenvalue weighted by molar-refractivity contribution is -0.147. The number of benzene rings is 1. The van der Waals surface area contributed by atoms with Gasteiger partial charge in [0.2, 0.25) is 5.91 Å². The average molecular weight is 404 g/mol. The Morgan fingerprint density at radius 2 is 1.93 bits per heavy atom. The third-order valence-electron chi connectivity index (χ3n) is 4.82. The first-order chi connectivity index (χ1) is 13.4. The topological polar surface area (TPSA) is 97.4 Å². The van der Waals surface area contributed by atoms with E-state index in [9.17, 15) is 14.4 Å². The first-order valence-electron chi connectivity index (χ1n) is 9.53. The summed E-state index contributed by atoms with van der Waals surface area (Å²) >= 11 is 1.38. The van der Waals surface area contributed by atoms with E-state index in [2.05, 4.69) is 15.6 Å². The molecule has 1 fully saturated rings. The van der Waals surface area contributed by atoms with E-state index in [-0.39, 0.29) is 18.4 Å². The number of hydrogen-bond donors (Lipinski definition) is 2.